The van der Waals surface area contributed by atoms with Crippen LogP contribution >= 0.6 is 0 Å². The van der Waals surface area contributed by atoms with Crippen LogP contribution in [0.2, 0.25) is 0 Å². The Morgan fingerprint density at radius 3 is 2.43 bits per heavy atom. The molecule has 1 saturated heterocycles. The molecule has 1 aromatic carbocycles. The van der Waals surface area contributed by atoms with Crippen molar-refractivity contribution in [3.05, 3.63) is 29.8 Å². The fourth-order valence-electron chi connectivity index (χ4n) is 2.73. The van der Waals surface area contributed by atoms with Gasteiger partial charge in [0.1, 0.15) is 18.5 Å². The fraction of sp³-hybridized carbons (Fsp3) is 0.368. The van der Waals surface area contributed by atoms with Gasteiger partial charge in [0.15, 0.2) is 12.4 Å². The molecule has 1 fully saturated rings. The average molecular weight is 384 g/mol. The molecule has 2 rings (SSSR count). The number of nitrogens with zero attached hydrogens (tertiary/aromatic N) is 3. The Bertz CT molecular complexity index is 871. The van der Waals surface area contributed by atoms with Crippen molar-refractivity contribution in [1.82, 2.24) is 4.90 Å². The van der Waals surface area contributed by atoms with E-state index < -0.39 is 48.8 Å². The molecule has 28 heavy (non-hydrogen) atoms. The molecule has 0 aliphatic carbocycles. The maximum Gasteiger partial charge on any atom is 0.332 e. The third-order valence-electron chi connectivity index (χ3n) is 4.31. The van der Waals surface area contributed by atoms with Gasteiger partial charge in [-0.1, -0.05) is 17.7 Å². The Kier molecular flexibility index (Phi) is 6.26. The van der Waals surface area contributed by atoms with E-state index in [1.807, 2.05) is 6.92 Å². The molecule has 0 bridgehead atoms. The number of urea groups is 1. The summed E-state index contributed by atoms with van der Waals surface area (Å²) in [5.74, 6) is -3.54. The van der Waals surface area contributed by atoms with E-state index in [1.54, 1.807) is 37.3 Å². The summed E-state index contributed by atoms with van der Waals surface area (Å²) >= 11 is 0. The van der Waals surface area contributed by atoms with Gasteiger partial charge in [-0.25, -0.2) is 4.79 Å². The first kappa shape index (κ1) is 20.8. The number of hydrogen-bond acceptors (Lipinski definition) is 7. The summed E-state index contributed by atoms with van der Waals surface area (Å²) in [5.41, 5.74) is 1.37. The number of rotatable bonds is 7. The van der Waals surface area contributed by atoms with Gasteiger partial charge in [-0.2, -0.15) is 5.26 Å². The third-order valence-corrected chi connectivity index (χ3v) is 4.31. The highest BCUT2D eigenvalue weighted by Gasteiger charge is 2.44. The lowest BCUT2D eigenvalue weighted by Gasteiger charge is -2.19. The maximum absolute atomic E-state index is 12.6. The highest BCUT2D eigenvalue weighted by Crippen LogP contribution is 2.26. The van der Waals surface area contributed by atoms with E-state index >= 15 is 0 Å². The number of ether oxygens (including phenoxy) is 1. The molecule has 0 spiro atoms. The van der Waals surface area contributed by atoms with Crippen LogP contribution in [0.25, 0.3) is 0 Å². The first-order valence-corrected chi connectivity index (χ1v) is 8.51. The number of hydrogen-bond donors (Lipinski definition) is 1. The summed E-state index contributed by atoms with van der Waals surface area (Å²) in [6, 6.07) is 7.24. The minimum Gasteiger partial charge on any atom is -0.456 e. The van der Waals surface area contributed by atoms with Gasteiger partial charge in [0.2, 0.25) is 0 Å². The standard InChI is InChI=1S/C19H20N4O5/c1-11-4-6-14(7-5-11)23-13(3)18(26)22(19(23)27)9-17(25)28-10-16(24)15(8-20)12(2)21/h4-7,13,15,21H,9-10H2,1-3H3/t13-,15+/m0/s1. The lowest BCUT2D eigenvalue weighted by molar-refractivity contribution is -0.150. The largest absolute Gasteiger partial charge is 0.456 e. The Morgan fingerprint density at radius 2 is 1.89 bits per heavy atom. The molecular weight excluding hydrogens is 364 g/mol. The number of anilines is 1. The third kappa shape index (κ3) is 4.23. The molecule has 9 heteroatoms. The summed E-state index contributed by atoms with van der Waals surface area (Å²) < 4.78 is 4.79. The monoisotopic (exact) mass is 384 g/mol. The summed E-state index contributed by atoms with van der Waals surface area (Å²) in [7, 11) is 0. The van der Waals surface area contributed by atoms with Crippen LogP contribution in [0, 0.1) is 29.6 Å². The number of Topliss-reactive ketones (excluding diaryl/α,β-unsaturated/α-hetero) is 1. The second kappa shape index (κ2) is 8.43. The number of amides is 3. The Labute approximate surface area is 162 Å². The summed E-state index contributed by atoms with van der Waals surface area (Å²) in [6.45, 7) is 3.40. The smallest absolute Gasteiger partial charge is 0.332 e. The number of nitriles is 1. The first-order valence-electron chi connectivity index (χ1n) is 8.51. The summed E-state index contributed by atoms with van der Waals surface area (Å²) in [4.78, 5) is 50.9. The molecule has 1 aliphatic rings. The molecule has 1 N–H and O–H groups in total. The van der Waals surface area contributed by atoms with Crippen molar-refractivity contribution in [1.29, 1.82) is 10.7 Å². The van der Waals surface area contributed by atoms with Crippen LogP contribution in [-0.2, 0) is 19.1 Å². The van der Waals surface area contributed by atoms with Crippen molar-refractivity contribution in [3.63, 3.8) is 0 Å². The van der Waals surface area contributed by atoms with Gasteiger partial charge < -0.3 is 10.1 Å². The number of nitrogens with one attached hydrogen (secondary N) is 1. The molecular formula is C19H20N4O5. The van der Waals surface area contributed by atoms with Crippen LogP contribution < -0.4 is 4.90 Å². The van der Waals surface area contributed by atoms with Crippen molar-refractivity contribution in [2.45, 2.75) is 26.8 Å². The summed E-state index contributed by atoms with van der Waals surface area (Å²) in [6.07, 6.45) is 0. The number of carbonyl (C=O) groups excluding carboxylic acids is 4. The van der Waals surface area contributed by atoms with E-state index in [0.29, 0.717) is 5.69 Å². The predicted octanol–water partition coefficient (Wildman–Crippen LogP) is 1.44. The van der Waals surface area contributed by atoms with E-state index in [-0.39, 0.29) is 5.71 Å². The lowest BCUT2D eigenvalue weighted by Crippen LogP contribution is -2.38. The molecule has 1 aromatic rings. The van der Waals surface area contributed by atoms with Gasteiger partial charge in [-0.3, -0.25) is 24.2 Å². The summed E-state index contributed by atoms with van der Waals surface area (Å²) in [5, 5.41) is 16.2. The van der Waals surface area contributed by atoms with Crippen molar-refractivity contribution in [2.24, 2.45) is 5.92 Å². The minimum absolute atomic E-state index is 0.156. The first-order chi connectivity index (χ1) is 13.2. The number of esters is 1. The Balaban J connectivity index is 2.02. The highest BCUT2D eigenvalue weighted by atomic mass is 16.5. The van der Waals surface area contributed by atoms with E-state index in [1.165, 1.54) is 11.8 Å². The fourth-order valence-corrected chi connectivity index (χ4v) is 2.73. The van der Waals surface area contributed by atoms with Gasteiger partial charge >= 0.3 is 12.0 Å². The molecule has 146 valence electrons. The number of imide groups is 1. The predicted molar refractivity (Wildman–Crippen MR) is 98.7 cm³/mol. The molecule has 0 radical (unpaired) electrons. The van der Waals surface area contributed by atoms with E-state index in [0.717, 1.165) is 10.5 Å². The Morgan fingerprint density at radius 1 is 1.29 bits per heavy atom. The van der Waals surface area contributed by atoms with Crippen molar-refractivity contribution < 1.29 is 23.9 Å². The highest BCUT2D eigenvalue weighted by molar-refractivity contribution is 6.15. The maximum atomic E-state index is 12.6. The molecule has 0 aromatic heterocycles. The van der Waals surface area contributed by atoms with Crippen LogP contribution in [0.15, 0.2) is 24.3 Å². The molecule has 2 atom stereocenters. The zero-order valence-corrected chi connectivity index (χ0v) is 15.8. The second-order valence-electron chi connectivity index (χ2n) is 6.46. The van der Waals surface area contributed by atoms with Crippen LogP contribution in [0.5, 0.6) is 0 Å². The molecule has 1 heterocycles. The Hall–Kier alpha value is -3.54. The zero-order valence-electron chi connectivity index (χ0n) is 15.8. The SMILES string of the molecule is CC(=N)[C@@H](C#N)C(=O)COC(=O)CN1C(=O)[C@H](C)N(c2ccc(C)cc2)C1=O. The lowest BCUT2D eigenvalue weighted by atomic mass is 10.0. The number of ketones is 1. The molecule has 0 unspecified atom stereocenters. The molecule has 3 amide bonds. The second-order valence-corrected chi connectivity index (χ2v) is 6.46. The van der Waals surface area contributed by atoms with E-state index in [9.17, 15) is 19.2 Å². The van der Waals surface area contributed by atoms with Crippen LogP contribution in [0.4, 0.5) is 10.5 Å². The van der Waals surface area contributed by atoms with Gasteiger partial charge in [-0.15, -0.1) is 0 Å². The number of aryl methyl sites for hydroxylation is 1. The minimum atomic E-state index is -1.29. The quantitative estimate of drug-likeness (QED) is 0.430. The normalized spacial score (nSPS) is 17.3. The van der Waals surface area contributed by atoms with Crippen LogP contribution in [0.3, 0.4) is 0 Å². The zero-order chi connectivity index (χ0) is 21.0. The van der Waals surface area contributed by atoms with Crippen LogP contribution in [0.1, 0.15) is 19.4 Å². The topological polar surface area (TPSA) is 132 Å². The molecule has 0 saturated carbocycles. The van der Waals surface area contributed by atoms with Crippen molar-refractivity contribution in [2.75, 3.05) is 18.1 Å². The van der Waals surface area contributed by atoms with Crippen LogP contribution in [-0.4, -0.2) is 53.5 Å². The average Bonchev–Trinajstić information content (AvgIpc) is 2.85. The van der Waals surface area contributed by atoms with Gasteiger partial charge in [-0.05, 0) is 32.9 Å². The van der Waals surface area contributed by atoms with E-state index in [2.05, 4.69) is 0 Å². The van der Waals surface area contributed by atoms with Gasteiger partial charge in [0, 0.05) is 11.4 Å². The van der Waals surface area contributed by atoms with E-state index in [4.69, 9.17) is 15.4 Å². The van der Waals surface area contributed by atoms with Crippen molar-refractivity contribution >= 4 is 35.1 Å². The number of benzene rings is 1. The van der Waals surface area contributed by atoms with Crippen molar-refractivity contribution in [3.8, 4) is 6.07 Å². The molecule has 1 aliphatic heterocycles. The van der Waals surface area contributed by atoms with Gasteiger partial charge in [0.25, 0.3) is 5.91 Å². The number of carbonyl (C=O) groups is 4. The molecule has 9 nitrogen and oxygen atoms in total. The van der Waals surface area contributed by atoms with Gasteiger partial charge in [0.05, 0.1) is 6.07 Å².